The molecule has 0 saturated carbocycles. The Labute approximate surface area is 113 Å². The van der Waals surface area contributed by atoms with Gasteiger partial charge in [-0.3, -0.25) is 9.78 Å². The molecule has 0 saturated heterocycles. The summed E-state index contributed by atoms with van der Waals surface area (Å²) in [5, 5.41) is 0. The van der Waals surface area contributed by atoms with Crippen LogP contribution in [0.1, 0.15) is 27.0 Å². The van der Waals surface area contributed by atoms with Crippen LogP contribution in [0.4, 0.5) is 5.69 Å². The molecule has 0 spiro atoms. The number of amides is 1. The number of aryl methyl sites for hydroxylation is 3. The van der Waals surface area contributed by atoms with Crippen LogP contribution in [0.2, 0.25) is 0 Å². The van der Waals surface area contributed by atoms with Crippen LogP contribution < -0.4 is 4.90 Å². The van der Waals surface area contributed by atoms with Gasteiger partial charge in [0.05, 0.1) is 0 Å². The fourth-order valence-corrected chi connectivity index (χ4v) is 2.37. The molecule has 0 fully saturated rings. The number of carbonyl (C=O) groups is 1. The first-order valence-electron chi connectivity index (χ1n) is 6.26. The second kappa shape index (κ2) is 5.22. The molecule has 0 aliphatic heterocycles. The molecule has 1 heterocycles. The highest BCUT2D eigenvalue weighted by Gasteiger charge is 2.18. The van der Waals surface area contributed by atoms with Gasteiger partial charge in [-0.1, -0.05) is 17.7 Å². The van der Waals surface area contributed by atoms with E-state index in [1.54, 1.807) is 24.3 Å². The van der Waals surface area contributed by atoms with Crippen molar-refractivity contribution in [2.45, 2.75) is 20.8 Å². The monoisotopic (exact) mass is 254 g/mol. The number of hydrogen-bond acceptors (Lipinski definition) is 2. The highest BCUT2D eigenvalue weighted by molar-refractivity contribution is 6.07. The smallest absolute Gasteiger partial charge is 0.258 e. The highest BCUT2D eigenvalue weighted by Crippen LogP contribution is 2.21. The number of carbonyl (C=O) groups excluding carboxylic acids is 1. The van der Waals surface area contributed by atoms with E-state index in [0.717, 1.165) is 22.4 Å². The second-order valence-corrected chi connectivity index (χ2v) is 4.84. The van der Waals surface area contributed by atoms with E-state index in [2.05, 4.69) is 4.98 Å². The Kier molecular flexibility index (Phi) is 3.65. The molecule has 0 radical (unpaired) electrons. The number of anilines is 1. The molecule has 0 bridgehead atoms. The fourth-order valence-electron chi connectivity index (χ4n) is 2.37. The van der Waals surface area contributed by atoms with Crippen molar-refractivity contribution in [2.24, 2.45) is 0 Å². The molecule has 3 heteroatoms. The van der Waals surface area contributed by atoms with Crippen LogP contribution in [0.3, 0.4) is 0 Å². The standard InChI is InChI=1S/C16H18N2O/c1-11-9-12(2)15(13(3)10-11)16(19)18(4)14-5-7-17-8-6-14/h5-10H,1-4H3. The van der Waals surface area contributed by atoms with Crippen molar-refractivity contribution in [1.29, 1.82) is 0 Å². The molecule has 1 aromatic carbocycles. The lowest BCUT2D eigenvalue weighted by atomic mass is 9.99. The Morgan fingerprint density at radius 1 is 1.05 bits per heavy atom. The van der Waals surface area contributed by atoms with Gasteiger partial charge in [-0.15, -0.1) is 0 Å². The van der Waals surface area contributed by atoms with E-state index >= 15 is 0 Å². The number of hydrogen-bond donors (Lipinski definition) is 0. The van der Waals surface area contributed by atoms with Gasteiger partial charge < -0.3 is 4.90 Å². The normalized spacial score (nSPS) is 10.3. The maximum Gasteiger partial charge on any atom is 0.258 e. The van der Waals surface area contributed by atoms with Crippen molar-refractivity contribution in [3.8, 4) is 0 Å². The predicted molar refractivity (Wildman–Crippen MR) is 77.6 cm³/mol. The third kappa shape index (κ3) is 2.65. The molecule has 0 unspecified atom stereocenters. The first kappa shape index (κ1) is 13.3. The van der Waals surface area contributed by atoms with Crippen LogP contribution in [0, 0.1) is 20.8 Å². The SMILES string of the molecule is Cc1cc(C)c(C(=O)N(C)c2ccncc2)c(C)c1. The van der Waals surface area contributed by atoms with Crippen LogP contribution in [-0.4, -0.2) is 17.9 Å². The van der Waals surface area contributed by atoms with Crippen LogP contribution in [0.5, 0.6) is 0 Å². The Balaban J connectivity index is 2.40. The van der Waals surface area contributed by atoms with Crippen molar-refractivity contribution in [1.82, 2.24) is 4.98 Å². The average Bonchev–Trinajstić information content (AvgIpc) is 2.37. The Morgan fingerprint density at radius 3 is 2.11 bits per heavy atom. The van der Waals surface area contributed by atoms with Crippen LogP contribution in [0.15, 0.2) is 36.7 Å². The molecule has 2 aromatic rings. The zero-order valence-corrected chi connectivity index (χ0v) is 11.8. The molecule has 1 amide bonds. The van der Waals surface area contributed by atoms with Crippen molar-refractivity contribution in [3.05, 3.63) is 58.9 Å². The van der Waals surface area contributed by atoms with E-state index in [0.29, 0.717) is 0 Å². The molecular weight excluding hydrogens is 236 g/mol. The minimum absolute atomic E-state index is 0.0150. The van der Waals surface area contributed by atoms with E-state index in [4.69, 9.17) is 0 Å². The lowest BCUT2D eigenvalue weighted by Crippen LogP contribution is -2.27. The molecule has 2 rings (SSSR count). The van der Waals surface area contributed by atoms with Gasteiger partial charge >= 0.3 is 0 Å². The van der Waals surface area contributed by atoms with Gasteiger partial charge in [0.1, 0.15) is 0 Å². The number of pyridine rings is 1. The van der Waals surface area contributed by atoms with Gasteiger partial charge in [-0.25, -0.2) is 0 Å². The first-order valence-corrected chi connectivity index (χ1v) is 6.26. The first-order chi connectivity index (χ1) is 9.00. The van der Waals surface area contributed by atoms with E-state index < -0.39 is 0 Å². The molecule has 0 N–H and O–H groups in total. The topological polar surface area (TPSA) is 33.2 Å². The molecule has 98 valence electrons. The van der Waals surface area contributed by atoms with Gasteiger partial charge in [0.15, 0.2) is 0 Å². The summed E-state index contributed by atoms with van der Waals surface area (Å²) in [4.78, 5) is 18.2. The lowest BCUT2D eigenvalue weighted by Gasteiger charge is -2.20. The van der Waals surface area contributed by atoms with E-state index in [1.807, 2.05) is 45.0 Å². The number of nitrogens with zero attached hydrogens (tertiary/aromatic N) is 2. The van der Waals surface area contributed by atoms with Gasteiger partial charge in [0, 0.05) is 30.7 Å². The van der Waals surface area contributed by atoms with E-state index in [9.17, 15) is 4.79 Å². The van der Waals surface area contributed by atoms with Crippen LogP contribution >= 0.6 is 0 Å². The summed E-state index contributed by atoms with van der Waals surface area (Å²) >= 11 is 0. The van der Waals surface area contributed by atoms with Crippen molar-refractivity contribution < 1.29 is 4.79 Å². The maximum absolute atomic E-state index is 12.6. The van der Waals surface area contributed by atoms with E-state index in [1.165, 1.54) is 5.56 Å². The van der Waals surface area contributed by atoms with Gasteiger partial charge in [-0.05, 0) is 44.0 Å². The largest absolute Gasteiger partial charge is 0.311 e. The van der Waals surface area contributed by atoms with Crippen LogP contribution in [-0.2, 0) is 0 Å². The number of rotatable bonds is 2. The van der Waals surface area contributed by atoms with Crippen LogP contribution in [0.25, 0.3) is 0 Å². The van der Waals surface area contributed by atoms with Gasteiger partial charge in [-0.2, -0.15) is 0 Å². The summed E-state index contributed by atoms with van der Waals surface area (Å²) in [7, 11) is 1.79. The summed E-state index contributed by atoms with van der Waals surface area (Å²) in [6.45, 7) is 6.00. The Hall–Kier alpha value is -2.16. The van der Waals surface area contributed by atoms with Gasteiger partial charge in [0.2, 0.25) is 0 Å². The molecule has 0 atom stereocenters. The average molecular weight is 254 g/mol. The summed E-state index contributed by atoms with van der Waals surface area (Å²) < 4.78 is 0. The number of benzene rings is 1. The maximum atomic E-state index is 12.6. The van der Waals surface area contributed by atoms with Crippen molar-refractivity contribution in [3.63, 3.8) is 0 Å². The molecule has 0 aliphatic rings. The Morgan fingerprint density at radius 2 is 1.58 bits per heavy atom. The summed E-state index contributed by atoms with van der Waals surface area (Å²) in [6.07, 6.45) is 3.38. The molecular formula is C16H18N2O. The summed E-state index contributed by atoms with van der Waals surface area (Å²) in [6, 6.07) is 7.74. The molecule has 3 nitrogen and oxygen atoms in total. The van der Waals surface area contributed by atoms with E-state index in [-0.39, 0.29) is 5.91 Å². The lowest BCUT2D eigenvalue weighted by molar-refractivity contribution is 0.0992. The minimum atomic E-state index is 0.0150. The molecule has 0 aliphatic carbocycles. The van der Waals surface area contributed by atoms with Gasteiger partial charge in [0.25, 0.3) is 5.91 Å². The zero-order chi connectivity index (χ0) is 14.0. The van der Waals surface area contributed by atoms with Crippen molar-refractivity contribution >= 4 is 11.6 Å². The third-order valence-corrected chi connectivity index (χ3v) is 3.25. The van der Waals surface area contributed by atoms with Crippen molar-refractivity contribution in [2.75, 3.05) is 11.9 Å². The highest BCUT2D eigenvalue weighted by atomic mass is 16.2. The fraction of sp³-hybridized carbons (Fsp3) is 0.250. The predicted octanol–water partition coefficient (Wildman–Crippen LogP) is 3.28. The molecule has 1 aromatic heterocycles. The number of aromatic nitrogens is 1. The summed E-state index contributed by atoms with van der Waals surface area (Å²) in [5.74, 6) is 0.0150. The third-order valence-electron chi connectivity index (χ3n) is 3.25. The minimum Gasteiger partial charge on any atom is -0.311 e. The zero-order valence-electron chi connectivity index (χ0n) is 11.8. The second-order valence-electron chi connectivity index (χ2n) is 4.84. The quantitative estimate of drug-likeness (QED) is 0.824. The Bertz CT molecular complexity index is 582. The summed E-state index contributed by atoms with van der Waals surface area (Å²) in [5.41, 5.74) is 4.84. The molecule has 19 heavy (non-hydrogen) atoms.